The summed E-state index contributed by atoms with van der Waals surface area (Å²) >= 11 is 0. The Balaban J connectivity index is 1.79. The average molecular weight is 304 g/mol. The zero-order chi connectivity index (χ0) is 15.5. The molecule has 2 rings (SSSR count). The number of hydrogen-bond acceptors (Lipinski definition) is 2. The van der Waals surface area contributed by atoms with Gasteiger partial charge in [-0.25, -0.2) is 5.11 Å². The minimum absolute atomic E-state index is 0.272. The predicted octanol–water partition coefficient (Wildman–Crippen LogP) is 4.57. The van der Waals surface area contributed by atoms with Gasteiger partial charge in [-0.2, -0.15) is 0 Å². The Labute approximate surface area is 134 Å². The molecule has 1 aliphatic rings. The molecule has 1 aliphatic heterocycles. The first kappa shape index (κ1) is 17.3. The van der Waals surface area contributed by atoms with Gasteiger partial charge in [0, 0.05) is 12.7 Å². The Morgan fingerprint density at radius 3 is 2.55 bits per heavy atom. The number of benzene rings is 1. The second-order valence-corrected chi connectivity index (χ2v) is 6.15. The van der Waals surface area contributed by atoms with Crippen molar-refractivity contribution in [1.29, 1.82) is 0 Å². The van der Waals surface area contributed by atoms with Crippen LogP contribution >= 0.6 is 0 Å². The van der Waals surface area contributed by atoms with E-state index in [0.717, 1.165) is 50.7 Å². The molecule has 0 bridgehead atoms. The first-order valence-electron chi connectivity index (χ1n) is 8.71. The van der Waals surface area contributed by atoms with Crippen LogP contribution in [0.25, 0.3) is 0 Å². The summed E-state index contributed by atoms with van der Waals surface area (Å²) in [5.74, 6) is 0.846. The molecule has 0 amide bonds. The second-order valence-electron chi connectivity index (χ2n) is 6.15. The molecule has 0 aliphatic carbocycles. The van der Waals surface area contributed by atoms with Gasteiger partial charge in [-0.1, -0.05) is 37.5 Å². The number of rotatable bonds is 2. The maximum absolute atomic E-state index is 11.6. The van der Waals surface area contributed by atoms with Crippen molar-refractivity contribution in [2.75, 3.05) is 13.2 Å². The first-order chi connectivity index (χ1) is 10.8. The summed E-state index contributed by atoms with van der Waals surface area (Å²) in [6.07, 6.45) is 9.24. The number of hydrogen-bond donors (Lipinski definition) is 0. The summed E-state index contributed by atoms with van der Waals surface area (Å²) in [5, 5.41) is 11.6. The molecule has 0 spiro atoms. The van der Waals surface area contributed by atoms with Crippen molar-refractivity contribution in [3.05, 3.63) is 30.3 Å². The molecule has 0 saturated carbocycles. The molecule has 2 radical (unpaired) electrons. The molecule has 2 unspecified atom stereocenters. The molecular weight excluding hydrogens is 276 g/mol. The van der Waals surface area contributed by atoms with Gasteiger partial charge in [-0.3, -0.25) is 0 Å². The van der Waals surface area contributed by atoms with Crippen molar-refractivity contribution >= 4 is 0 Å². The zero-order valence-corrected chi connectivity index (χ0v) is 13.5. The van der Waals surface area contributed by atoms with Crippen molar-refractivity contribution in [3.8, 4) is 5.75 Å². The van der Waals surface area contributed by atoms with Gasteiger partial charge in [-0.05, 0) is 44.6 Å². The molecule has 0 N–H and O–H groups in total. The fraction of sp³-hybridized carbons (Fsp3) is 0.684. The molecule has 122 valence electrons. The van der Waals surface area contributed by atoms with Crippen molar-refractivity contribution in [2.45, 2.75) is 70.0 Å². The summed E-state index contributed by atoms with van der Waals surface area (Å²) in [6.45, 7) is 1.07. The minimum atomic E-state index is -0.535. The lowest BCUT2D eigenvalue weighted by atomic mass is 10.0. The average Bonchev–Trinajstić information content (AvgIpc) is 2.54. The number of ether oxygens (including phenoxy) is 2. The van der Waals surface area contributed by atoms with E-state index in [2.05, 4.69) is 6.07 Å². The third-order valence-corrected chi connectivity index (χ3v) is 4.14. The van der Waals surface area contributed by atoms with Gasteiger partial charge >= 0.3 is 0 Å². The van der Waals surface area contributed by atoms with Crippen molar-refractivity contribution in [2.24, 2.45) is 0 Å². The summed E-state index contributed by atoms with van der Waals surface area (Å²) in [7, 11) is 0. The fourth-order valence-corrected chi connectivity index (χ4v) is 2.86. The number of para-hydroxylation sites is 1. The van der Waals surface area contributed by atoms with E-state index in [4.69, 9.17) is 9.47 Å². The van der Waals surface area contributed by atoms with E-state index in [-0.39, 0.29) is 6.10 Å². The third-order valence-electron chi connectivity index (χ3n) is 4.14. The zero-order valence-electron chi connectivity index (χ0n) is 13.5. The highest BCUT2D eigenvalue weighted by molar-refractivity contribution is 5.19. The quantitative estimate of drug-likeness (QED) is 0.802. The van der Waals surface area contributed by atoms with Crippen LogP contribution in [0.3, 0.4) is 0 Å². The van der Waals surface area contributed by atoms with Gasteiger partial charge in [0.05, 0.1) is 12.7 Å². The molecule has 0 aromatic heterocycles. The molecule has 1 saturated heterocycles. The Morgan fingerprint density at radius 2 is 1.77 bits per heavy atom. The van der Waals surface area contributed by atoms with E-state index in [1.165, 1.54) is 12.8 Å². The molecule has 1 aromatic carbocycles. The van der Waals surface area contributed by atoms with Crippen LogP contribution in [0.1, 0.15) is 57.8 Å². The van der Waals surface area contributed by atoms with Crippen LogP contribution in [-0.2, 0) is 9.84 Å². The predicted molar refractivity (Wildman–Crippen MR) is 86.5 cm³/mol. The van der Waals surface area contributed by atoms with Gasteiger partial charge in [-0.15, -0.1) is 0 Å². The maximum Gasteiger partial charge on any atom is 0.127 e. The minimum Gasteiger partial charge on any atom is -0.490 e. The van der Waals surface area contributed by atoms with E-state index in [1.807, 2.05) is 24.3 Å². The van der Waals surface area contributed by atoms with Crippen molar-refractivity contribution < 1.29 is 14.6 Å². The first-order valence-corrected chi connectivity index (χ1v) is 8.71. The van der Waals surface area contributed by atoms with Gasteiger partial charge < -0.3 is 9.47 Å². The van der Waals surface area contributed by atoms with Gasteiger partial charge in [0.1, 0.15) is 11.9 Å². The lowest BCUT2D eigenvalue weighted by Gasteiger charge is -2.20. The van der Waals surface area contributed by atoms with E-state index >= 15 is 0 Å². The van der Waals surface area contributed by atoms with Crippen LogP contribution in [0.4, 0.5) is 0 Å². The van der Waals surface area contributed by atoms with E-state index in [9.17, 15) is 5.11 Å². The Bertz CT molecular complexity index is 364. The Kier molecular flexibility index (Phi) is 8.36. The van der Waals surface area contributed by atoms with Gasteiger partial charge in [0.25, 0.3) is 0 Å². The smallest absolute Gasteiger partial charge is 0.127 e. The molecule has 3 nitrogen and oxygen atoms in total. The van der Waals surface area contributed by atoms with Crippen LogP contribution in [-0.4, -0.2) is 25.4 Å². The monoisotopic (exact) mass is 304 g/mol. The van der Waals surface area contributed by atoms with E-state index in [1.54, 1.807) is 0 Å². The molecule has 3 heteroatoms. The van der Waals surface area contributed by atoms with Crippen LogP contribution in [0, 0.1) is 6.07 Å². The maximum atomic E-state index is 11.6. The fourth-order valence-electron chi connectivity index (χ4n) is 2.86. The Hall–Kier alpha value is -1.06. The largest absolute Gasteiger partial charge is 0.490 e. The molecular formula is C19H28O3. The van der Waals surface area contributed by atoms with Crippen molar-refractivity contribution in [1.82, 2.24) is 0 Å². The van der Waals surface area contributed by atoms with Gasteiger partial charge in [0.2, 0.25) is 0 Å². The highest BCUT2D eigenvalue weighted by atomic mass is 16.5. The molecule has 1 aromatic rings. The highest BCUT2D eigenvalue weighted by Crippen LogP contribution is 2.19. The summed E-state index contributed by atoms with van der Waals surface area (Å²) < 4.78 is 11.6. The van der Waals surface area contributed by atoms with Crippen LogP contribution < -0.4 is 4.74 Å². The summed E-state index contributed by atoms with van der Waals surface area (Å²) in [6, 6.07) is 11.0. The Morgan fingerprint density at radius 1 is 1.00 bits per heavy atom. The lowest BCUT2D eigenvalue weighted by Crippen LogP contribution is -2.18. The van der Waals surface area contributed by atoms with Crippen LogP contribution in [0.15, 0.2) is 24.3 Å². The standard InChI is InChI=1S/C19H28O3/c20-17-10-4-1-2-5-11-19(14-8-9-15-21-16-17)22-18-12-6-3-7-13-18/h3,6-7,12,17,19H,1-2,4-5,8-11,14-16H2. The van der Waals surface area contributed by atoms with Crippen LogP contribution in [0.2, 0.25) is 0 Å². The second kappa shape index (κ2) is 10.6. The van der Waals surface area contributed by atoms with Crippen LogP contribution in [0.5, 0.6) is 5.75 Å². The van der Waals surface area contributed by atoms with Crippen molar-refractivity contribution in [3.63, 3.8) is 0 Å². The van der Waals surface area contributed by atoms with Gasteiger partial charge in [0.15, 0.2) is 0 Å². The molecule has 2 atom stereocenters. The van der Waals surface area contributed by atoms with E-state index in [0.29, 0.717) is 13.2 Å². The lowest BCUT2D eigenvalue weighted by molar-refractivity contribution is -0.0102. The summed E-state index contributed by atoms with van der Waals surface area (Å²) in [5.41, 5.74) is 0. The molecule has 1 heterocycles. The SMILES string of the molecule is [O]C1CCCCCCC(Oc2[c]cccc2)CCCCOC1. The van der Waals surface area contributed by atoms with E-state index < -0.39 is 6.10 Å². The normalized spacial score (nSPS) is 26.0. The summed E-state index contributed by atoms with van der Waals surface area (Å²) in [4.78, 5) is 0. The third kappa shape index (κ3) is 7.28. The molecule has 1 fully saturated rings. The topological polar surface area (TPSA) is 38.4 Å². The molecule has 22 heavy (non-hydrogen) atoms. The highest BCUT2D eigenvalue weighted by Gasteiger charge is 2.12.